The van der Waals surface area contributed by atoms with E-state index in [0.717, 1.165) is 5.92 Å². The van der Waals surface area contributed by atoms with Gasteiger partial charge >= 0.3 is 0 Å². The van der Waals surface area contributed by atoms with Crippen molar-refractivity contribution < 1.29 is 0 Å². The zero-order valence-corrected chi connectivity index (χ0v) is 10.2. The van der Waals surface area contributed by atoms with Gasteiger partial charge in [-0.05, 0) is 49.9 Å². The molecule has 1 unspecified atom stereocenters. The van der Waals surface area contributed by atoms with E-state index in [9.17, 15) is 0 Å². The van der Waals surface area contributed by atoms with E-state index in [4.69, 9.17) is 0 Å². The lowest BCUT2D eigenvalue weighted by Gasteiger charge is -2.10. The average molecular weight is 215 g/mol. The minimum Gasteiger partial charge on any atom is -0.306 e. The fourth-order valence-electron chi connectivity index (χ4n) is 2.45. The van der Waals surface area contributed by atoms with Crippen LogP contribution in [-0.4, -0.2) is 25.0 Å². The molecular formula is C15H21N. The monoisotopic (exact) mass is 215 g/mol. The molecule has 0 N–H and O–H groups in total. The number of hydrogen-bond donors (Lipinski definition) is 0. The number of aryl methyl sites for hydroxylation is 1. The first-order valence-electron chi connectivity index (χ1n) is 6.18. The van der Waals surface area contributed by atoms with E-state index in [1.54, 1.807) is 0 Å². The van der Waals surface area contributed by atoms with Gasteiger partial charge in [-0.2, -0.15) is 0 Å². The van der Waals surface area contributed by atoms with Crippen molar-refractivity contribution in [2.45, 2.75) is 19.3 Å². The molecule has 1 aliphatic heterocycles. The van der Waals surface area contributed by atoms with Gasteiger partial charge in [0.25, 0.3) is 0 Å². The van der Waals surface area contributed by atoms with Gasteiger partial charge < -0.3 is 4.90 Å². The summed E-state index contributed by atoms with van der Waals surface area (Å²) in [7, 11) is 2.22. The maximum Gasteiger partial charge on any atom is 0.000720 e. The molecule has 1 heteroatoms. The molecule has 1 saturated heterocycles. The summed E-state index contributed by atoms with van der Waals surface area (Å²) in [5.74, 6) is 0.907. The average Bonchev–Trinajstić information content (AvgIpc) is 2.73. The molecule has 1 aliphatic rings. The summed E-state index contributed by atoms with van der Waals surface area (Å²) >= 11 is 0. The Labute approximate surface area is 98.8 Å². The van der Waals surface area contributed by atoms with Crippen LogP contribution >= 0.6 is 0 Å². The minimum atomic E-state index is 0.907. The molecule has 0 aliphatic carbocycles. The summed E-state index contributed by atoms with van der Waals surface area (Å²) < 4.78 is 0. The summed E-state index contributed by atoms with van der Waals surface area (Å²) in [5, 5.41) is 0. The molecule has 0 bridgehead atoms. The van der Waals surface area contributed by atoms with Gasteiger partial charge in [0.1, 0.15) is 0 Å². The first kappa shape index (κ1) is 11.4. The Hall–Kier alpha value is -1.08. The lowest BCUT2D eigenvalue weighted by molar-refractivity contribution is 0.388. The number of likely N-dealkylation sites (tertiary alicyclic amines) is 1. The summed E-state index contributed by atoms with van der Waals surface area (Å²) in [6, 6.07) is 8.78. The highest BCUT2D eigenvalue weighted by molar-refractivity contribution is 5.47. The Morgan fingerprint density at radius 3 is 2.69 bits per heavy atom. The molecule has 0 amide bonds. The SMILES string of the molecule is C=Cc1ccc(CCC2CCN(C)C2)cc1. The fraction of sp³-hybridized carbons (Fsp3) is 0.467. The standard InChI is InChI=1S/C15H21N/c1-3-13-4-6-14(7-5-13)8-9-15-10-11-16(2)12-15/h3-7,15H,1,8-12H2,2H3. The molecule has 16 heavy (non-hydrogen) atoms. The van der Waals surface area contributed by atoms with E-state index in [1.165, 1.54) is 43.5 Å². The Morgan fingerprint density at radius 1 is 1.38 bits per heavy atom. The third kappa shape index (κ3) is 2.96. The molecule has 1 atom stereocenters. The molecule has 1 aromatic rings. The van der Waals surface area contributed by atoms with E-state index < -0.39 is 0 Å². The lowest BCUT2D eigenvalue weighted by atomic mass is 9.98. The van der Waals surface area contributed by atoms with Crippen LogP contribution in [0.4, 0.5) is 0 Å². The molecular weight excluding hydrogens is 194 g/mol. The molecule has 0 radical (unpaired) electrons. The van der Waals surface area contributed by atoms with E-state index >= 15 is 0 Å². The molecule has 0 spiro atoms. The van der Waals surface area contributed by atoms with Gasteiger partial charge in [0.05, 0.1) is 0 Å². The highest BCUT2D eigenvalue weighted by atomic mass is 15.1. The van der Waals surface area contributed by atoms with Gasteiger partial charge in [-0.1, -0.05) is 36.9 Å². The molecule has 2 rings (SSSR count). The van der Waals surface area contributed by atoms with E-state index in [0.29, 0.717) is 0 Å². The second kappa shape index (κ2) is 5.31. The third-order valence-corrected chi connectivity index (χ3v) is 3.55. The third-order valence-electron chi connectivity index (χ3n) is 3.55. The van der Waals surface area contributed by atoms with Gasteiger partial charge in [0.2, 0.25) is 0 Å². The molecule has 86 valence electrons. The van der Waals surface area contributed by atoms with Crippen LogP contribution < -0.4 is 0 Å². The number of nitrogens with zero attached hydrogens (tertiary/aromatic N) is 1. The first-order valence-corrected chi connectivity index (χ1v) is 6.18. The van der Waals surface area contributed by atoms with Crippen LogP contribution in [0.15, 0.2) is 30.8 Å². The first-order chi connectivity index (χ1) is 7.78. The second-order valence-electron chi connectivity index (χ2n) is 4.90. The van der Waals surface area contributed by atoms with Gasteiger partial charge in [-0.25, -0.2) is 0 Å². The van der Waals surface area contributed by atoms with Crippen molar-refractivity contribution in [3.63, 3.8) is 0 Å². The van der Waals surface area contributed by atoms with Crippen molar-refractivity contribution >= 4 is 6.08 Å². The summed E-state index contributed by atoms with van der Waals surface area (Å²) in [6.07, 6.45) is 5.82. The second-order valence-corrected chi connectivity index (χ2v) is 4.90. The van der Waals surface area contributed by atoms with Crippen molar-refractivity contribution in [1.29, 1.82) is 0 Å². The normalized spacial score (nSPS) is 21.2. The Balaban J connectivity index is 1.82. The van der Waals surface area contributed by atoms with Crippen molar-refractivity contribution in [2.75, 3.05) is 20.1 Å². The fourth-order valence-corrected chi connectivity index (χ4v) is 2.45. The van der Waals surface area contributed by atoms with Crippen LogP contribution in [0.25, 0.3) is 6.08 Å². The maximum atomic E-state index is 3.77. The molecule has 1 heterocycles. The Kier molecular flexibility index (Phi) is 3.79. The van der Waals surface area contributed by atoms with Gasteiger partial charge in [-0.3, -0.25) is 0 Å². The number of hydrogen-bond acceptors (Lipinski definition) is 1. The summed E-state index contributed by atoms with van der Waals surface area (Å²) in [6.45, 7) is 6.33. The smallest absolute Gasteiger partial charge is 0.000720 e. The van der Waals surface area contributed by atoms with Crippen molar-refractivity contribution in [2.24, 2.45) is 5.92 Å². The number of benzene rings is 1. The quantitative estimate of drug-likeness (QED) is 0.745. The molecule has 0 aromatic heterocycles. The largest absolute Gasteiger partial charge is 0.306 e. The zero-order chi connectivity index (χ0) is 11.4. The van der Waals surface area contributed by atoms with Crippen LogP contribution in [0.3, 0.4) is 0 Å². The molecule has 1 fully saturated rings. The van der Waals surface area contributed by atoms with Gasteiger partial charge in [0.15, 0.2) is 0 Å². The zero-order valence-electron chi connectivity index (χ0n) is 10.2. The van der Waals surface area contributed by atoms with Crippen LogP contribution in [0.5, 0.6) is 0 Å². The van der Waals surface area contributed by atoms with E-state index in [2.05, 4.69) is 42.8 Å². The maximum absolute atomic E-state index is 3.77. The highest BCUT2D eigenvalue weighted by Gasteiger charge is 2.18. The summed E-state index contributed by atoms with van der Waals surface area (Å²) in [4.78, 5) is 2.44. The predicted molar refractivity (Wildman–Crippen MR) is 70.5 cm³/mol. The van der Waals surface area contributed by atoms with E-state index in [1.807, 2.05) is 6.08 Å². The highest BCUT2D eigenvalue weighted by Crippen LogP contribution is 2.20. The molecule has 0 saturated carbocycles. The van der Waals surface area contributed by atoms with Crippen molar-refractivity contribution in [3.05, 3.63) is 42.0 Å². The molecule has 1 aromatic carbocycles. The minimum absolute atomic E-state index is 0.907. The van der Waals surface area contributed by atoms with Crippen LogP contribution in [0.2, 0.25) is 0 Å². The lowest BCUT2D eigenvalue weighted by Crippen LogP contribution is -2.14. The predicted octanol–water partition coefficient (Wildman–Crippen LogP) is 3.21. The number of rotatable bonds is 4. The van der Waals surface area contributed by atoms with Crippen LogP contribution in [0.1, 0.15) is 24.0 Å². The Morgan fingerprint density at radius 2 is 2.12 bits per heavy atom. The topological polar surface area (TPSA) is 3.24 Å². The van der Waals surface area contributed by atoms with Crippen LogP contribution in [-0.2, 0) is 6.42 Å². The van der Waals surface area contributed by atoms with Crippen LogP contribution in [0, 0.1) is 5.92 Å². The van der Waals surface area contributed by atoms with Gasteiger partial charge in [-0.15, -0.1) is 0 Å². The van der Waals surface area contributed by atoms with Gasteiger partial charge in [0, 0.05) is 6.54 Å². The van der Waals surface area contributed by atoms with Crippen molar-refractivity contribution in [3.8, 4) is 0 Å². The van der Waals surface area contributed by atoms with Crippen molar-refractivity contribution in [1.82, 2.24) is 4.90 Å². The summed E-state index contributed by atoms with van der Waals surface area (Å²) in [5.41, 5.74) is 2.67. The Bertz CT molecular complexity index is 339. The van der Waals surface area contributed by atoms with E-state index in [-0.39, 0.29) is 0 Å². The molecule has 1 nitrogen and oxygen atoms in total.